The number of rotatable bonds is 6. The minimum atomic E-state index is -0.293. The average molecular weight is 279 g/mol. The van der Waals surface area contributed by atoms with Crippen molar-refractivity contribution in [1.29, 1.82) is 0 Å². The van der Waals surface area contributed by atoms with Gasteiger partial charge in [0.05, 0.1) is 6.10 Å². The molecule has 0 bridgehead atoms. The second kappa shape index (κ2) is 6.37. The van der Waals surface area contributed by atoms with Crippen LogP contribution in [0.25, 0.3) is 0 Å². The van der Waals surface area contributed by atoms with Crippen molar-refractivity contribution in [2.45, 2.75) is 18.6 Å². The van der Waals surface area contributed by atoms with Crippen molar-refractivity contribution >= 4 is 11.5 Å². The first-order chi connectivity index (χ1) is 10.3. The molecule has 1 aliphatic heterocycles. The minimum Gasteiger partial charge on any atom is -0.362 e. The van der Waals surface area contributed by atoms with Crippen LogP contribution in [0.5, 0.6) is 0 Å². The van der Waals surface area contributed by atoms with Gasteiger partial charge in [-0.15, -0.1) is 0 Å². The second-order valence-electron chi connectivity index (χ2n) is 5.03. The molecule has 0 aromatic heterocycles. The van der Waals surface area contributed by atoms with Gasteiger partial charge in [-0.3, -0.25) is 4.79 Å². The maximum atomic E-state index is 11.9. The molecule has 0 radical (unpaired) electrons. The van der Waals surface area contributed by atoms with Crippen molar-refractivity contribution in [2.24, 2.45) is 0 Å². The van der Waals surface area contributed by atoms with Crippen LogP contribution in [0.1, 0.15) is 5.56 Å². The monoisotopic (exact) mass is 279 g/mol. The van der Waals surface area contributed by atoms with Gasteiger partial charge in [0.2, 0.25) is 0 Å². The largest absolute Gasteiger partial charge is 0.362 e. The fraction of sp³-hybridized carbons (Fsp3) is 0.167. The highest BCUT2D eigenvalue weighted by molar-refractivity contribution is 5.96. The van der Waals surface area contributed by atoms with E-state index in [0.717, 1.165) is 12.1 Å². The Morgan fingerprint density at radius 1 is 1.05 bits per heavy atom. The van der Waals surface area contributed by atoms with Gasteiger partial charge in [-0.2, -0.15) is 0 Å². The zero-order chi connectivity index (χ0) is 14.5. The fourth-order valence-corrected chi connectivity index (χ4v) is 2.24. The van der Waals surface area contributed by atoms with E-state index in [-0.39, 0.29) is 18.0 Å². The van der Waals surface area contributed by atoms with E-state index in [2.05, 4.69) is 17.4 Å². The molecule has 1 aliphatic rings. The summed E-state index contributed by atoms with van der Waals surface area (Å²) in [5.74, 6) is 0.0133. The maximum Gasteiger partial charge on any atom is 0.188 e. The van der Waals surface area contributed by atoms with Crippen LogP contribution in [0.2, 0.25) is 0 Å². The van der Waals surface area contributed by atoms with Gasteiger partial charge in [0.25, 0.3) is 0 Å². The predicted octanol–water partition coefficient (Wildman–Crippen LogP) is 3.19. The van der Waals surface area contributed by atoms with Crippen molar-refractivity contribution in [3.8, 4) is 0 Å². The van der Waals surface area contributed by atoms with Crippen molar-refractivity contribution in [1.82, 2.24) is 0 Å². The van der Waals surface area contributed by atoms with Crippen LogP contribution < -0.4 is 5.32 Å². The molecule has 3 nitrogen and oxygen atoms in total. The summed E-state index contributed by atoms with van der Waals surface area (Å²) >= 11 is 0. The number of epoxide rings is 1. The molecule has 2 aromatic rings. The van der Waals surface area contributed by atoms with Gasteiger partial charge >= 0.3 is 0 Å². The highest BCUT2D eigenvalue weighted by Crippen LogP contribution is 2.27. The van der Waals surface area contributed by atoms with Gasteiger partial charge in [0.15, 0.2) is 5.78 Å². The van der Waals surface area contributed by atoms with E-state index in [1.807, 2.05) is 48.5 Å². The fourth-order valence-electron chi connectivity index (χ4n) is 2.24. The molecule has 2 aromatic carbocycles. The zero-order valence-corrected chi connectivity index (χ0v) is 11.6. The summed E-state index contributed by atoms with van der Waals surface area (Å²) in [6, 6.07) is 19.8. The van der Waals surface area contributed by atoms with Gasteiger partial charge in [0, 0.05) is 18.3 Å². The van der Waals surface area contributed by atoms with Gasteiger partial charge in [-0.25, -0.2) is 0 Å². The normalized spacial score (nSPS) is 20.4. The van der Waals surface area contributed by atoms with Gasteiger partial charge in [0.1, 0.15) is 6.10 Å². The Kier molecular flexibility index (Phi) is 4.12. The van der Waals surface area contributed by atoms with Crippen LogP contribution in [0.15, 0.2) is 72.9 Å². The summed E-state index contributed by atoms with van der Waals surface area (Å²) in [5.41, 5.74) is 2.16. The molecule has 2 unspecified atom stereocenters. The summed E-state index contributed by atoms with van der Waals surface area (Å²) in [5, 5.41) is 3.07. The molecule has 1 heterocycles. The summed E-state index contributed by atoms with van der Waals surface area (Å²) in [6.45, 7) is 0. The van der Waals surface area contributed by atoms with E-state index in [1.54, 1.807) is 12.3 Å². The van der Waals surface area contributed by atoms with E-state index < -0.39 is 0 Å². The standard InChI is InChI=1S/C18H17NO2/c20-16(11-12-19-15-9-5-2-6-10-15)18-17(21-18)13-14-7-3-1-4-8-14/h1-12,17-19H,13H2. The third-order valence-electron chi connectivity index (χ3n) is 3.41. The van der Waals surface area contributed by atoms with Crippen LogP contribution >= 0.6 is 0 Å². The van der Waals surface area contributed by atoms with E-state index >= 15 is 0 Å². The van der Waals surface area contributed by atoms with Crippen molar-refractivity contribution in [3.05, 3.63) is 78.5 Å². The Balaban J connectivity index is 1.47. The molecule has 1 saturated heterocycles. The molecule has 1 N–H and O–H groups in total. The van der Waals surface area contributed by atoms with E-state index in [9.17, 15) is 4.79 Å². The number of ether oxygens (including phenoxy) is 1. The molecule has 0 saturated carbocycles. The Labute approximate surface area is 124 Å². The predicted molar refractivity (Wildman–Crippen MR) is 83.0 cm³/mol. The first-order valence-corrected chi connectivity index (χ1v) is 7.04. The first-order valence-electron chi connectivity index (χ1n) is 7.04. The minimum absolute atomic E-state index is 0.0133. The Bertz CT molecular complexity index is 622. The third-order valence-corrected chi connectivity index (χ3v) is 3.41. The maximum absolute atomic E-state index is 11.9. The molecule has 106 valence electrons. The summed E-state index contributed by atoms with van der Waals surface area (Å²) in [7, 11) is 0. The molecule has 3 rings (SSSR count). The molecular weight excluding hydrogens is 262 g/mol. The number of carbonyl (C=O) groups excluding carboxylic acids is 1. The first kappa shape index (κ1) is 13.6. The molecule has 3 heteroatoms. The molecule has 1 fully saturated rings. The van der Waals surface area contributed by atoms with Crippen molar-refractivity contribution in [2.75, 3.05) is 5.32 Å². The van der Waals surface area contributed by atoms with Crippen molar-refractivity contribution < 1.29 is 9.53 Å². The van der Waals surface area contributed by atoms with E-state index in [0.29, 0.717) is 0 Å². The molecule has 0 aliphatic carbocycles. The van der Waals surface area contributed by atoms with E-state index in [4.69, 9.17) is 4.74 Å². The summed E-state index contributed by atoms with van der Waals surface area (Å²) in [4.78, 5) is 11.9. The van der Waals surface area contributed by atoms with Crippen LogP contribution in [-0.2, 0) is 16.0 Å². The number of hydrogen-bond donors (Lipinski definition) is 1. The Morgan fingerprint density at radius 3 is 2.43 bits per heavy atom. The number of ketones is 1. The summed E-state index contributed by atoms with van der Waals surface area (Å²) < 4.78 is 5.46. The number of para-hydroxylation sites is 1. The molecule has 0 amide bonds. The van der Waals surface area contributed by atoms with Crippen LogP contribution in [0, 0.1) is 0 Å². The van der Waals surface area contributed by atoms with Gasteiger partial charge < -0.3 is 10.1 Å². The molecular formula is C18H17NO2. The smallest absolute Gasteiger partial charge is 0.188 e. The highest BCUT2D eigenvalue weighted by atomic mass is 16.6. The lowest BCUT2D eigenvalue weighted by atomic mass is 10.1. The topological polar surface area (TPSA) is 41.6 Å². The number of anilines is 1. The van der Waals surface area contributed by atoms with E-state index in [1.165, 1.54) is 5.56 Å². The van der Waals surface area contributed by atoms with Gasteiger partial charge in [-0.1, -0.05) is 48.5 Å². The third kappa shape index (κ3) is 3.80. The SMILES string of the molecule is O=C(C=CNc1ccccc1)C1OC1Cc1ccccc1. The number of nitrogens with one attached hydrogen (secondary N) is 1. The lowest BCUT2D eigenvalue weighted by molar-refractivity contribution is -0.115. The average Bonchev–Trinajstić information content (AvgIpc) is 3.28. The van der Waals surface area contributed by atoms with Crippen molar-refractivity contribution in [3.63, 3.8) is 0 Å². The molecule has 21 heavy (non-hydrogen) atoms. The lowest BCUT2D eigenvalue weighted by Gasteiger charge is -1.98. The number of carbonyl (C=O) groups is 1. The van der Waals surface area contributed by atoms with Gasteiger partial charge in [-0.05, 0) is 23.8 Å². The van der Waals surface area contributed by atoms with Crippen LogP contribution in [0.3, 0.4) is 0 Å². The van der Waals surface area contributed by atoms with Crippen LogP contribution in [-0.4, -0.2) is 18.0 Å². The number of hydrogen-bond acceptors (Lipinski definition) is 3. The highest BCUT2D eigenvalue weighted by Gasteiger charge is 2.43. The second-order valence-corrected chi connectivity index (χ2v) is 5.03. The lowest BCUT2D eigenvalue weighted by Crippen LogP contribution is -2.08. The molecule has 2 atom stereocenters. The Morgan fingerprint density at radius 2 is 1.71 bits per heavy atom. The van der Waals surface area contributed by atoms with Crippen LogP contribution in [0.4, 0.5) is 5.69 Å². The Hall–Kier alpha value is -2.39. The quantitative estimate of drug-likeness (QED) is 0.652. The summed E-state index contributed by atoms with van der Waals surface area (Å²) in [6.07, 6.45) is 3.72. The molecule has 0 spiro atoms. The zero-order valence-electron chi connectivity index (χ0n) is 11.6. The number of benzene rings is 2.